The van der Waals surface area contributed by atoms with Crippen LogP contribution in [0, 0.1) is 6.92 Å². The second-order valence-corrected chi connectivity index (χ2v) is 8.27. The molecule has 10 heteroatoms. The number of hydrogen-bond donors (Lipinski definition) is 4. The van der Waals surface area contributed by atoms with E-state index in [4.69, 9.17) is 28.9 Å². The van der Waals surface area contributed by atoms with Crippen LogP contribution in [0.2, 0.25) is 10.0 Å². The van der Waals surface area contributed by atoms with Gasteiger partial charge in [-0.25, -0.2) is 9.78 Å². The first kappa shape index (κ1) is 19.5. The number of primary amides is 1. The van der Waals surface area contributed by atoms with Crippen molar-refractivity contribution in [2.75, 3.05) is 10.6 Å². The van der Waals surface area contributed by atoms with E-state index in [9.17, 15) is 14.7 Å². The van der Waals surface area contributed by atoms with E-state index in [0.29, 0.717) is 37.6 Å². The number of nitrogens with two attached hydrogens (primary N) is 1. The number of nitrogens with one attached hydrogen (secondary N) is 2. The van der Waals surface area contributed by atoms with Gasteiger partial charge in [0.15, 0.2) is 10.7 Å². The summed E-state index contributed by atoms with van der Waals surface area (Å²) in [7, 11) is 0. The number of halogens is 2. The Kier molecular flexibility index (Phi) is 4.65. The van der Waals surface area contributed by atoms with Crippen LogP contribution in [0.25, 0.3) is 0 Å². The van der Waals surface area contributed by atoms with E-state index >= 15 is 0 Å². The van der Waals surface area contributed by atoms with E-state index in [1.807, 2.05) is 0 Å². The Bertz CT molecular complexity index is 1160. The maximum atomic E-state index is 11.7. The Balaban J connectivity index is 1.98. The number of benzene rings is 2. The van der Waals surface area contributed by atoms with Gasteiger partial charge in [-0.05, 0) is 37.3 Å². The molecule has 2 heterocycles. The van der Waals surface area contributed by atoms with Crippen molar-refractivity contribution in [3.8, 4) is 0 Å². The Labute approximate surface area is 179 Å². The van der Waals surface area contributed by atoms with Gasteiger partial charge in [-0.2, -0.15) is 0 Å². The highest BCUT2D eigenvalue weighted by Crippen LogP contribution is 2.50. The third kappa shape index (κ3) is 3.09. The number of aryl methyl sites for hydroxylation is 1. The minimum absolute atomic E-state index is 0.123. The first-order valence-electron chi connectivity index (χ1n) is 8.39. The second kappa shape index (κ2) is 6.91. The highest BCUT2D eigenvalue weighted by molar-refractivity contribution is 7.14. The monoisotopic (exact) mass is 448 g/mol. The van der Waals surface area contributed by atoms with Crippen molar-refractivity contribution in [3.05, 3.63) is 73.1 Å². The predicted octanol–water partition coefficient (Wildman–Crippen LogP) is 4.29. The lowest BCUT2D eigenvalue weighted by molar-refractivity contribution is 0.0696. The standard InChI is InChI=1S/C19H14Cl2N4O3S/c1-8-15(29-17(23-8)16(22)26)19(14-10(20)3-2-4-11(14)21)24-12-6-5-9(18(27)28)7-13(12)25-19/h2-7,24-25H,1H3,(H2,22,26)(H,27,28). The maximum absolute atomic E-state index is 11.7. The van der Waals surface area contributed by atoms with Crippen LogP contribution in [0.5, 0.6) is 0 Å². The molecule has 0 radical (unpaired) electrons. The quantitative estimate of drug-likeness (QED) is 0.472. The summed E-state index contributed by atoms with van der Waals surface area (Å²) in [5.74, 6) is -1.69. The summed E-state index contributed by atoms with van der Waals surface area (Å²) in [6.07, 6.45) is 0. The first-order valence-corrected chi connectivity index (χ1v) is 9.96. The number of aromatic carboxylic acids is 1. The van der Waals surface area contributed by atoms with Gasteiger partial charge in [0, 0.05) is 15.6 Å². The van der Waals surface area contributed by atoms with Gasteiger partial charge in [-0.3, -0.25) is 4.79 Å². The number of carboxylic acids is 1. The number of fused-ring (bicyclic) bond motifs is 1. The van der Waals surface area contributed by atoms with E-state index in [0.717, 1.165) is 11.3 Å². The zero-order valence-electron chi connectivity index (χ0n) is 14.9. The number of nitrogens with zero attached hydrogens (tertiary/aromatic N) is 1. The lowest BCUT2D eigenvalue weighted by atomic mass is 9.96. The molecule has 29 heavy (non-hydrogen) atoms. The molecule has 1 aromatic heterocycles. The molecule has 5 N–H and O–H groups in total. The zero-order valence-corrected chi connectivity index (χ0v) is 17.2. The molecule has 0 aliphatic carbocycles. The number of carbonyl (C=O) groups excluding carboxylic acids is 1. The van der Waals surface area contributed by atoms with Gasteiger partial charge in [0.25, 0.3) is 5.91 Å². The smallest absolute Gasteiger partial charge is 0.335 e. The average Bonchev–Trinajstić information content (AvgIpc) is 3.22. The summed E-state index contributed by atoms with van der Waals surface area (Å²) in [6.45, 7) is 1.75. The van der Waals surface area contributed by atoms with Crippen LogP contribution in [0.15, 0.2) is 36.4 Å². The highest BCUT2D eigenvalue weighted by atomic mass is 35.5. The van der Waals surface area contributed by atoms with Crippen molar-refractivity contribution < 1.29 is 14.7 Å². The summed E-state index contributed by atoms with van der Waals surface area (Å²) in [6, 6.07) is 9.79. The summed E-state index contributed by atoms with van der Waals surface area (Å²) >= 11 is 14.2. The summed E-state index contributed by atoms with van der Waals surface area (Å²) < 4.78 is 0. The topological polar surface area (TPSA) is 117 Å². The normalized spacial score (nSPS) is 17.3. The van der Waals surface area contributed by atoms with Gasteiger partial charge in [0.1, 0.15) is 0 Å². The molecule has 0 fully saturated rings. The molecular formula is C19H14Cl2N4O3S. The Morgan fingerprint density at radius 2 is 1.79 bits per heavy atom. The molecule has 0 saturated carbocycles. The minimum atomic E-state index is -1.16. The Morgan fingerprint density at radius 3 is 2.38 bits per heavy atom. The van der Waals surface area contributed by atoms with Crippen molar-refractivity contribution in [2.24, 2.45) is 5.73 Å². The number of hydrogen-bond acceptors (Lipinski definition) is 6. The van der Waals surface area contributed by atoms with Crippen molar-refractivity contribution in [1.29, 1.82) is 0 Å². The minimum Gasteiger partial charge on any atom is -0.478 e. The summed E-state index contributed by atoms with van der Waals surface area (Å²) in [5, 5.41) is 16.9. The van der Waals surface area contributed by atoms with Crippen LogP contribution in [-0.4, -0.2) is 22.0 Å². The van der Waals surface area contributed by atoms with Gasteiger partial charge < -0.3 is 21.5 Å². The third-order valence-electron chi connectivity index (χ3n) is 4.60. The molecule has 4 rings (SSSR count). The fourth-order valence-electron chi connectivity index (χ4n) is 3.38. The van der Waals surface area contributed by atoms with Crippen LogP contribution < -0.4 is 16.4 Å². The fourth-order valence-corrected chi connectivity index (χ4v) is 5.09. The lowest BCUT2D eigenvalue weighted by Gasteiger charge is -2.32. The van der Waals surface area contributed by atoms with Crippen LogP contribution in [0.3, 0.4) is 0 Å². The zero-order chi connectivity index (χ0) is 20.9. The molecule has 0 saturated heterocycles. The molecule has 1 unspecified atom stereocenters. The van der Waals surface area contributed by atoms with Gasteiger partial charge in [0.2, 0.25) is 0 Å². The summed E-state index contributed by atoms with van der Waals surface area (Å²) in [4.78, 5) is 28.0. The SMILES string of the molecule is Cc1nc(C(N)=O)sc1C1(c2c(Cl)cccc2Cl)Nc2ccc(C(=O)O)cc2N1. The number of rotatable bonds is 4. The Hall–Kier alpha value is -2.81. The van der Waals surface area contributed by atoms with Crippen LogP contribution >= 0.6 is 34.5 Å². The van der Waals surface area contributed by atoms with Gasteiger partial charge in [-0.1, -0.05) is 29.3 Å². The molecule has 1 amide bonds. The lowest BCUT2D eigenvalue weighted by Crippen LogP contribution is -2.40. The van der Waals surface area contributed by atoms with Gasteiger partial charge in [-0.15, -0.1) is 11.3 Å². The van der Waals surface area contributed by atoms with E-state index in [1.54, 1.807) is 31.2 Å². The number of thiazole rings is 1. The van der Waals surface area contributed by atoms with Gasteiger partial charge >= 0.3 is 5.97 Å². The average molecular weight is 449 g/mol. The van der Waals surface area contributed by atoms with E-state index in [1.165, 1.54) is 12.1 Å². The summed E-state index contributed by atoms with van der Waals surface area (Å²) in [5.41, 5.74) is 6.68. The largest absolute Gasteiger partial charge is 0.478 e. The third-order valence-corrected chi connectivity index (χ3v) is 6.52. The molecule has 1 atom stereocenters. The van der Waals surface area contributed by atoms with Gasteiger partial charge in [0.05, 0.1) is 27.5 Å². The van der Waals surface area contributed by atoms with Crippen LogP contribution in [0.1, 0.15) is 36.3 Å². The molecule has 1 aliphatic heterocycles. The number of anilines is 2. The molecule has 148 valence electrons. The fraction of sp³-hybridized carbons (Fsp3) is 0.105. The maximum Gasteiger partial charge on any atom is 0.335 e. The van der Waals surface area contributed by atoms with E-state index < -0.39 is 17.5 Å². The van der Waals surface area contributed by atoms with Crippen molar-refractivity contribution >= 4 is 57.8 Å². The van der Waals surface area contributed by atoms with Crippen LogP contribution in [0.4, 0.5) is 11.4 Å². The second-order valence-electron chi connectivity index (χ2n) is 6.46. The Morgan fingerprint density at radius 1 is 1.14 bits per heavy atom. The number of amides is 1. The van der Waals surface area contributed by atoms with E-state index in [2.05, 4.69) is 15.6 Å². The highest BCUT2D eigenvalue weighted by Gasteiger charge is 2.46. The molecular weight excluding hydrogens is 435 g/mol. The molecule has 7 nitrogen and oxygen atoms in total. The number of carbonyl (C=O) groups is 2. The predicted molar refractivity (Wildman–Crippen MR) is 113 cm³/mol. The molecule has 0 spiro atoms. The molecule has 2 aromatic carbocycles. The molecule has 0 bridgehead atoms. The van der Waals surface area contributed by atoms with Crippen LogP contribution in [-0.2, 0) is 5.66 Å². The van der Waals surface area contributed by atoms with E-state index in [-0.39, 0.29) is 10.6 Å². The number of aromatic nitrogens is 1. The van der Waals surface area contributed by atoms with Crippen molar-refractivity contribution in [1.82, 2.24) is 4.98 Å². The van der Waals surface area contributed by atoms with Crippen molar-refractivity contribution in [2.45, 2.75) is 12.6 Å². The van der Waals surface area contributed by atoms with Crippen molar-refractivity contribution in [3.63, 3.8) is 0 Å². The number of carboxylic acid groups (broad SMARTS) is 1. The molecule has 3 aromatic rings. The molecule has 1 aliphatic rings. The first-order chi connectivity index (χ1) is 13.7.